The van der Waals surface area contributed by atoms with E-state index in [1.54, 1.807) is 23.6 Å². The fourth-order valence-corrected chi connectivity index (χ4v) is 5.04. The Balaban J connectivity index is 1.52. The number of benzene rings is 2. The molecule has 188 valence electrons. The van der Waals surface area contributed by atoms with Crippen LogP contribution >= 0.6 is 11.6 Å². The number of hydrogen-bond donors (Lipinski definition) is 1. The van der Waals surface area contributed by atoms with Gasteiger partial charge in [0.2, 0.25) is 0 Å². The third kappa shape index (κ3) is 3.64. The van der Waals surface area contributed by atoms with Crippen molar-refractivity contribution in [1.82, 2.24) is 19.3 Å². The fraction of sp³-hybridized carbons (Fsp3) is 0.292. The Morgan fingerprint density at radius 2 is 1.94 bits per heavy atom. The minimum absolute atomic E-state index is 0.149. The lowest BCUT2D eigenvalue weighted by atomic mass is 9.99. The molecule has 1 amide bonds. The zero-order valence-corrected chi connectivity index (χ0v) is 19.5. The van der Waals surface area contributed by atoms with Gasteiger partial charge in [-0.05, 0) is 49.1 Å². The second-order valence-electron chi connectivity index (χ2n) is 8.60. The zero-order valence-electron chi connectivity index (χ0n) is 18.8. The summed E-state index contributed by atoms with van der Waals surface area (Å²) in [5.74, 6) is -5.12. The number of halogens is 6. The molecule has 2 N–H and O–H groups in total. The number of imidazole rings is 1. The molecule has 12 heteroatoms. The summed E-state index contributed by atoms with van der Waals surface area (Å²) in [5, 5.41) is 0.149. The number of fused-ring (bicyclic) bond motifs is 4. The molecule has 0 radical (unpaired) electrons. The SMILES string of the molecule is CCN(C(=O)c1cc2c(cc1Cl)nc(N)c1cncn12)[C@@H]1CCc2cc(C(F)(F)C(F)(F)F)ccc21. The second kappa shape index (κ2) is 8.29. The highest BCUT2D eigenvalue weighted by Gasteiger charge is 2.58. The third-order valence-electron chi connectivity index (χ3n) is 6.58. The number of aromatic nitrogens is 3. The van der Waals surface area contributed by atoms with Crippen LogP contribution in [0.15, 0.2) is 42.9 Å². The van der Waals surface area contributed by atoms with Crippen LogP contribution in [-0.2, 0) is 12.3 Å². The summed E-state index contributed by atoms with van der Waals surface area (Å²) in [6.45, 7) is 2.02. The van der Waals surface area contributed by atoms with Crippen molar-refractivity contribution in [3.8, 4) is 0 Å². The maximum atomic E-state index is 13.9. The first-order valence-electron chi connectivity index (χ1n) is 11.0. The van der Waals surface area contributed by atoms with Crippen LogP contribution in [0.4, 0.5) is 27.8 Å². The summed E-state index contributed by atoms with van der Waals surface area (Å²) in [6.07, 6.45) is -1.97. The molecule has 4 aromatic rings. The molecule has 0 saturated carbocycles. The average Bonchev–Trinajstić information content (AvgIpc) is 3.46. The quantitative estimate of drug-likeness (QED) is 0.337. The Bertz CT molecular complexity index is 1520. The number of rotatable bonds is 4. The van der Waals surface area contributed by atoms with E-state index in [9.17, 15) is 26.7 Å². The fourth-order valence-electron chi connectivity index (χ4n) is 4.80. The molecule has 36 heavy (non-hydrogen) atoms. The van der Waals surface area contributed by atoms with Gasteiger partial charge < -0.3 is 10.6 Å². The Morgan fingerprint density at radius 1 is 1.19 bits per heavy atom. The molecule has 2 aromatic carbocycles. The monoisotopic (exact) mass is 523 g/mol. The number of anilines is 1. The molecule has 6 nitrogen and oxygen atoms in total. The highest BCUT2D eigenvalue weighted by atomic mass is 35.5. The van der Waals surface area contributed by atoms with Crippen molar-refractivity contribution in [2.24, 2.45) is 0 Å². The third-order valence-corrected chi connectivity index (χ3v) is 6.89. The molecule has 1 aliphatic rings. The molecule has 0 spiro atoms. The van der Waals surface area contributed by atoms with E-state index in [-0.39, 0.29) is 29.4 Å². The van der Waals surface area contributed by atoms with E-state index < -0.39 is 29.6 Å². The number of nitrogens with zero attached hydrogens (tertiary/aromatic N) is 4. The van der Waals surface area contributed by atoms with Crippen molar-refractivity contribution in [3.63, 3.8) is 0 Å². The number of carbonyl (C=O) groups excluding carboxylic acids is 1. The first kappa shape index (κ1) is 24.2. The lowest BCUT2D eigenvalue weighted by Gasteiger charge is -2.29. The number of amides is 1. The lowest BCUT2D eigenvalue weighted by Crippen LogP contribution is -2.34. The van der Waals surface area contributed by atoms with Gasteiger partial charge in [-0.2, -0.15) is 22.0 Å². The molecule has 1 atom stereocenters. The van der Waals surface area contributed by atoms with Crippen LogP contribution in [-0.4, -0.2) is 37.9 Å². The van der Waals surface area contributed by atoms with Gasteiger partial charge in [0.05, 0.1) is 40.2 Å². The van der Waals surface area contributed by atoms with Crippen molar-refractivity contribution in [2.45, 2.75) is 37.9 Å². The summed E-state index contributed by atoms with van der Waals surface area (Å²) in [7, 11) is 0. The van der Waals surface area contributed by atoms with Gasteiger partial charge in [-0.3, -0.25) is 9.20 Å². The average molecular weight is 524 g/mol. The molecule has 1 aliphatic carbocycles. The normalized spacial score (nSPS) is 16.0. The van der Waals surface area contributed by atoms with Gasteiger partial charge in [0.1, 0.15) is 11.3 Å². The Kier molecular flexibility index (Phi) is 5.58. The number of nitrogen functional groups attached to an aromatic ring is 1. The van der Waals surface area contributed by atoms with Crippen molar-refractivity contribution >= 4 is 39.9 Å². The minimum atomic E-state index is -5.70. The highest BCUT2D eigenvalue weighted by Crippen LogP contribution is 2.46. The summed E-state index contributed by atoms with van der Waals surface area (Å²) >= 11 is 6.45. The van der Waals surface area contributed by atoms with Crippen LogP contribution in [0.1, 0.15) is 46.4 Å². The highest BCUT2D eigenvalue weighted by molar-refractivity contribution is 6.34. The van der Waals surface area contributed by atoms with Gasteiger partial charge in [0, 0.05) is 12.1 Å². The molecule has 2 aromatic heterocycles. The summed E-state index contributed by atoms with van der Waals surface area (Å²) < 4.78 is 67.9. The van der Waals surface area contributed by atoms with Gasteiger partial charge in [-0.15, -0.1) is 0 Å². The maximum Gasteiger partial charge on any atom is 0.458 e. The van der Waals surface area contributed by atoms with Gasteiger partial charge >= 0.3 is 12.1 Å². The van der Waals surface area contributed by atoms with Crippen molar-refractivity contribution in [1.29, 1.82) is 0 Å². The first-order chi connectivity index (χ1) is 16.9. The van der Waals surface area contributed by atoms with E-state index in [0.717, 1.165) is 12.1 Å². The molecular formula is C24H19ClF5N5O. The molecular weight excluding hydrogens is 505 g/mol. The smallest absolute Gasteiger partial charge is 0.382 e. The standard InChI is InChI=1S/C24H19ClF5N5O/c1-2-34(18-6-3-12-7-13(4-5-14(12)18)23(26,27)24(28,29)30)22(36)15-8-19-17(9-16(15)25)33-21(31)20-10-32-11-35(19)20/h4-5,7-11,18H,2-3,6H2,1H3,(H2,31,33)/t18-/m1/s1. The largest absolute Gasteiger partial charge is 0.458 e. The lowest BCUT2D eigenvalue weighted by molar-refractivity contribution is -0.289. The summed E-state index contributed by atoms with van der Waals surface area (Å²) in [4.78, 5) is 23.6. The predicted octanol–water partition coefficient (Wildman–Crippen LogP) is 5.92. The van der Waals surface area contributed by atoms with Crippen molar-refractivity contribution in [3.05, 3.63) is 70.1 Å². The van der Waals surface area contributed by atoms with E-state index in [2.05, 4.69) is 9.97 Å². The van der Waals surface area contributed by atoms with Crippen LogP contribution in [0.25, 0.3) is 16.6 Å². The van der Waals surface area contributed by atoms with Crippen LogP contribution < -0.4 is 5.73 Å². The van der Waals surface area contributed by atoms with Crippen molar-refractivity contribution in [2.75, 3.05) is 12.3 Å². The van der Waals surface area contributed by atoms with Gasteiger partial charge in [-0.25, -0.2) is 9.97 Å². The number of aryl methyl sites for hydroxylation is 1. The van der Waals surface area contributed by atoms with E-state index in [0.29, 0.717) is 34.1 Å². The molecule has 0 bridgehead atoms. The Labute approximate surface area is 206 Å². The number of hydrogen-bond acceptors (Lipinski definition) is 4. The van der Waals surface area contributed by atoms with Gasteiger partial charge in [-0.1, -0.05) is 23.7 Å². The number of carbonyl (C=O) groups is 1. The van der Waals surface area contributed by atoms with E-state index in [4.69, 9.17) is 17.3 Å². The molecule has 2 heterocycles. The second-order valence-corrected chi connectivity index (χ2v) is 9.01. The molecule has 0 unspecified atom stereocenters. The van der Waals surface area contributed by atoms with E-state index in [1.807, 2.05) is 0 Å². The summed E-state index contributed by atoms with van der Waals surface area (Å²) in [5.41, 5.74) is 7.54. The summed E-state index contributed by atoms with van der Waals surface area (Å²) in [6, 6.07) is 5.53. The van der Waals surface area contributed by atoms with Crippen LogP contribution in [0.5, 0.6) is 0 Å². The molecule has 0 saturated heterocycles. The van der Waals surface area contributed by atoms with Crippen LogP contribution in [0, 0.1) is 0 Å². The molecule has 0 aliphatic heterocycles. The number of nitrogens with two attached hydrogens (primary N) is 1. The molecule has 5 rings (SSSR count). The Morgan fingerprint density at radius 3 is 2.64 bits per heavy atom. The predicted molar refractivity (Wildman–Crippen MR) is 124 cm³/mol. The topological polar surface area (TPSA) is 76.5 Å². The zero-order chi connectivity index (χ0) is 26.0. The van der Waals surface area contributed by atoms with Gasteiger partial charge in [0.25, 0.3) is 5.91 Å². The minimum Gasteiger partial charge on any atom is -0.382 e. The maximum absolute atomic E-state index is 13.9. The van der Waals surface area contributed by atoms with E-state index in [1.165, 1.54) is 23.4 Å². The number of alkyl halides is 5. The first-order valence-corrected chi connectivity index (χ1v) is 11.4. The molecule has 0 fully saturated rings. The van der Waals surface area contributed by atoms with Crippen LogP contribution in [0.2, 0.25) is 5.02 Å². The van der Waals surface area contributed by atoms with Crippen molar-refractivity contribution < 1.29 is 26.7 Å². The van der Waals surface area contributed by atoms with Crippen LogP contribution in [0.3, 0.4) is 0 Å². The van der Waals surface area contributed by atoms with E-state index >= 15 is 0 Å². The van der Waals surface area contributed by atoms with Gasteiger partial charge in [0.15, 0.2) is 0 Å². The Hall–Kier alpha value is -3.47.